The van der Waals surface area contributed by atoms with Gasteiger partial charge < -0.3 is 4.52 Å². The van der Waals surface area contributed by atoms with Crippen LogP contribution in [-0.4, -0.2) is 11.1 Å². The number of benzene rings is 1. The van der Waals surface area contributed by atoms with Crippen molar-refractivity contribution in [2.75, 3.05) is 5.32 Å². The van der Waals surface area contributed by atoms with E-state index in [4.69, 9.17) is 4.52 Å². The summed E-state index contributed by atoms with van der Waals surface area (Å²) in [7, 11) is 0. The molecule has 16 heavy (non-hydrogen) atoms. The summed E-state index contributed by atoms with van der Waals surface area (Å²) in [5, 5.41) is 6.32. The average Bonchev–Trinajstić information content (AvgIpc) is 2.64. The van der Waals surface area contributed by atoms with Crippen LogP contribution in [0.15, 0.2) is 34.9 Å². The first-order valence-corrected chi connectivity index (χ1v) is 5.73. The summed E-state index contributed by atoms with van der Waals surface area (Å²) in [5.41, 5.74) is 1.33. The fourth-order valence-corrected chi connectivity index (χ4v) is 1.78. The highest BCUT2D eigenvalue weighted by atomic mass is 127. The Morgan fingerprint density at radius 1 is 1.44 bits per heavy atom. The fraction of sp³-hybridized carbons (Fsp3) is 0.0909. The summed E-state index contributed by atoms with van der Waals surface area (Å²) in [5.74, 6) is 0.163. The summed E-state index contributed by atoms with van der Waals surface area (Å²) in [6.07, 6.45) is 0. The Kier molecular flexibility index (Phi) is 3.23. The van der Waals surface area contributed by atoms with Crippen molar-refractivity contribution in [2.24, 2.45) is 0 Å². The molecular weight excluding hydrogens is 319 g/mol. The molecule has 1 amide bonds. The first-order chi connectivity index (χ1) is 7.65. The van der Waals surface area contributed by atoms with E-state index in [9.17, 15) is 4.79 Å². The number of aromatic nitrogens is 1. The highest BCUT2D eigenvalue weighted by Gasteiger charge is 2.08. The lowest BCUT2D eigenvalue weighted by Gasteiger charge is -2.01. The predicted molar refractivity (Wildman–Crippen MR) is 68.4 cm³/mol. The standard InChI is InChI=1S/C11H9IN2O2/c1-7-5-10(16-14-7)13-11(15)8-3-2-4-9(12)6-8/h2-6H,1H3,(H,13,15). The number of nitrogens with zero attached hydrogens (tertiary/aromatic N) is 1. The molecule has 2 aromatic rings. The SMILES string of the molecule is Cc1cc(NC(=O)c2cccc(I)c2)on1. The third-order valence-corrected chi connectivity index (χ3v) is 2.62. The first-order valence-electron chi connectivity index (χ1n) is 4.65. The lowest BCUT2D eigenvalue weighted by atomic mass is 10.2. The minimum Gasteiger partial charge on any atom is -0.338 e. The first kappa shape index (κ1) is 11.1. The molecule has 0 unspecified atom stereocenters. The van der Waals surface area contributed by atoms with Crippen molar-refractivity contribution >= 4 is 34.4 Å². The summed E-state index contributed by atoms with van der Waals surface area (Å²) in [6, 6.07) is 8.99. The van der Waals surface area contributed by atoms with Crippen LogP contribution < -0.4 is 5.32 Å². The molecule has 1 aromatic carbocycles. The number of aryl methyl sites for hydroxylation is 1. The molecule has 4 nitrogen and oxygen atoms in total. The highest BCUT2D eigenvalue weighted by Crippen LogP contribution is 2.12. The fourth-order valence-electron chi connectivity index (χ4n) is 1.24. The number of halogens is 1. The molecule has 0 aliphatic heterocycles. The molecule has 2 rings (SSSR count). The summed E-state index contributed by atoms with van der Waals surface area (Å²) in [6.45, 7) is 1.80. The van der Waals surface area contributed by atoms with Gasteiger partial charge >= 0.3 is 0 Å². The number of anilines is 1. The van der Waals surface area contributed by atoms with E-state index >= 15 is 0 Å². The zero-order chi connectivity index (χ0) is 11.5. The van der Waals surface area contributed by atoms with Crippen LogP contribution in [0.25, 0.3) is 0 Å². The third kappa shape index (κ3) is 2.60. The van der Waals surface area contributed by atoms with Crippen LogP contribution in [0.1, 0.15) is 16.1 Å². The zero-order valence-corrected chi connectivity index (χ0v) is 10.7. The van der Waals surface area contributed by atoms with E-state index < -0.39 is 0 Å². The van der Waals surface area contributed by atoms with Crippen LogP contribution in [0, 0.1) is 10.5 Å². The molecule has 0 bridgehead atoms. The van der Waals surface area contributed by atoms with Gasteiger partial charge in [0.25, 0.3) is 5.91 Å². The minimum absolute atomic E-state index is 0.199. The number of hydrogen-bond acceptors (Lipinski definition) is 3. The Morgan fingerprint density at radius 3 is 2.88 bits per heavy atom. The molecule has 0 aliphatic rings. The van der Waals surface area contributed by atoms with Crippen LogP contribution in [0.4, 0.5) is 5.88 Å². The summed E-state index contributed by atoms with van der Waals surface area (Å²) >= 11 is 2.16. The van der Waals surface area contributed by atoms with E-state index in [2.05, 4.69) is 33.1 Å². The van der Waals surface area contributed by atoms with E-state index in [0.29, 0.717) is 11.4 Å². The number of amides is 1. The van der Waals surface area contributed by atoms with Gasteiger partial charge in [-0.05, 0) is 47.7 Å². The molecule has 0 aliphatic carbocycles. The van der Waals surface area contributed by atoms with Crippen LogP contribution in [-0.2, 0) is 0 Å². The van der Waals surface area contributed by atoms with Crippen molar-refractivity contribution in [3.63, 3.8) is 0 Å². The van der Waals surface area contributed by atoms with Crippen LogP contribution in [0.2, 0.25) is 0 Å². The van der Waals surface area contributed by atoms with E-state index in [1.54, 1.807) is 25.1 Å². The quantitative estimate of drug-likeness (QED) is 0.863. The van der Waals surface area contributed by atoms with Gasteiger partial charge in [-0.25, -0.2) is 0 Å². The molecule has 0 saturated heterocycles. The zero-order valence-electron chi connectivity index (χ0n) is 8.53. The molecule has 0 spiro atoms. The molecule has 1 aromatic heterocycles. The highest BCUT2D eigenvalue weighted by molar-refractivity contribution is 14.1. The monoisotopic (exact) mass is 328 g/mol. The lowest BCUT2D eigenvalue weighted by molar-refractivity contribution is 0.102. The minimum atomic E-state index is -0.199. The van der Waals surface area contributed by atoms with Crippen LogP contribution >= 0.6 is 22.6 Å². The molecule has 0 fully saturated rings. The van der Waals surface area contributed by atoms with Gasteiger partial charge in [0.05, 0.1) is 5.69 Å². The maximum Gasteiger partial charge on any atom is 0.258 e. The number of rotatable bonds is 2. The van der Waals surface area contributed by atoms with Crippen molar-refractivity contribution in [1.82, 2.24) is 5.16 Å². The maximum atomic E-state index is 11.8. The van der Waals surface area contributed by atoms with Gasteiger partial charge in [-0.2, -0.15) is 0 Å². The van der Waals surface area contributed by atoms with Gasteiger partial charge in [0.1, 0.15) is 0 Å². The van der Waals surface area contributed by atoms with Gasteiger partial charge in [0, 0.05) is 15.2 Å². The third-order valence-electron chi connectivity index (χ3n) is 1.95. The van der Waals surface area contributed by atoms with Gasteiger partial charge in [-0.1, -0.05) is 11.2 Å². The molecule has 82 valence electrons. The second-order valence-corrected chi connectivity index (χ2v) is 4.54. The smallest absolute Gasteiger partial charge is 0.258 e. The molecular formula is C11H9IN2O2. The largest absolute Gasteiger partial charge is 0.338 e. The second-order valence-electron chi connectivity index (χ2n) is 3.30. The topological polar surface area (TPSA) is 55.1 Å². The molecule has 0 saturated carbocycles. The summed E-state index contributed by atoms with van der Waals surface area (Å²) < 4.78 is 5.92. The number of nitrogens with one attached hydrogen (secondary N) is 1. The second kappa shape index (κ2) is 4.65. The van der Waals surface area contributed by atoms with Gasteiger partial charge in [0.15, 0.2) is 0 Å². The number of carbonyl (C=O) groups is 1. The Morgan fingerprint density at radius 2 is 2.25 bits per heavy atom. The van der Waals surface area contributed by atoms with Crippen molar-refractivity contribution in [3.8, 4) is 0 Å². The van der Waals surface area contributed by atoms with Gasteiger partial charge in [-0.15, -0.1) is 0 Å². The van der Waals surface area contributed by atoms with Crippen molar-refractivity contribution in [3.05, 3.63) is 45.2 Å². The Labute approximate surface area is 106 Å². The van der Waals surface area contributed by atoms with Crippen molar-refractivity contribution in [1.29, 1.82) is 0 Å². The maximum absolute atomic E-state index is 11.8. The molecule has 0 radical (unpaired) electrons. The van der Waals surface area contributed by atoms with Gasteiger partial charge in [-0.3, -0.25) is 10.1 Å². The Bertz CT molecular complexity index is 522. The van der Waals surface area contributed by atoms with E-state index in [1.165, 1.54) is 0 Å². The van der Waals surface area contributed by atoms with Crippen molar-refractivity contribution in [2.45, 2.75) is 6.92 Å². The van der Waals surface area contributed by atoms with Crippen LogP contribution in [0.5, 0.6) is 0 Å². The molecule has 1 N–H and O–H groups in total. The lowest BCUT2D eigenvalue weighted by Crippen LogP contribution is -2.11. The predicted octanol–water partition coefficient (Wildman–Crippen LogP) is 2.84. The van der Waals surface area contributed by atoms with Crippen LogP contribution in [0.3, 0.4) is 0 Å². The van der Waals surface area contributed by atoms with Crippen molar-refractivity contribution < 1.29 is 9.32 Å². The Balaban J connectivity index is 2.14. The van der Waals surface area contributed by atoms with Gasteiger partial charge in [0.2, 0.25) is 5.88 Å². The average molecular weight is 328 g/mol. The molecule has 5 heteroatoms. The van der Waals surface area contributed by atoms with E-state index in [-0.39, 0.29) is 5.91 Å². The Hall–Kier alpha value is -1.37. The number of carbonyl (C=O) groups excluding carboxylic acids is 1. The van der Waals surface area contributed by atoms with E-state index in [0.717, 1.165) is 9.26 Å². The van der Waals surface area contributed by atoms with E-state index in [1.807, 2.05) is 12.1 Å². The number of hydrogen-bond donors (Lipinski definition) is 1. The summed E-state index contributed by atoms with van der Waals surface area (Å²) in [4.78, 5) is 11.8. The molecule has 1 heterocycles. The normalized spacial score (nSPS) is 10.1. The molecule has 0 atom stereocenters.